The minimum atomic E-state index is -4.16. The summed E-state index contributed by atoms with van der Waals surface area (Å²) in [5.74, 6) is 0.632. The number of benzene rings is 1. The second kappa shape index (κ2) is 5.91. The lowest BCUT2D eigenvalue weighted by Gasteiger charge is -2.14. The van der Waals surface area contributed by atoms with E-state index >= 15 is 0 Å². The van der Waals surface area contributed by atoms with Crippen LogP contribution in [0, 0.1) is 0 Å². The Morgan fingerprint density at radius 2 is 2.06 bits per heavy atom. The van der Waals surface area contributed by atoms with Gasteiger partial charge in [0.2, 0.25) is 0 Å². The zero-order chi connectivity index (χ0) is 12.9. The molecule has 5 heteroatoms. The molecule has 0 unspecified atom stereocenters. The van der Waals surface area contributed by atoms with E-state index in [0.29, 0.717) is 17.9 Å². The van der Waals surface area contributed by atoms with Crippen LogP contribution in [-0.4, -0.2) is 12.8 Å². The zero-order valence-electron chi connectivity index (χ0n) is 9.63. The predicted octanol–water partition coefficient (Wildman–Crippen LogP) is 3.43. The molecule has 1 aromatic carbocycles. The van der Waals surface area contributed by atoms with Gasteiger partial charge in [-0.25, -0.2) is 0 Å². The van der Waals surface area contributed by atoms with Gasteiger partial charge < -0.3 is 10.5 Å². The topological polar surface area (TPSA) is 35.2 Å². The largest absolute Gasteiger partial charge is 0.494 e. The Balaban J connectivity index is 2.62. The van der Waals surface area contributed by atoms with Gasteiger partial charge in [-0.2, -0.15) is 13.2 Å². The molecule has 0 aliphatic carbocycles. The van der Waals surface area contributed by atoms with E-state index in [1.54, 1.807) is 24.3 Å². The van der Waals surface area contributed by atoms with Gasteiger partial charge in [-0.1, -0.05) is 12.1 Å². The molecule has 0 amide bonds. The van der Waals surface area contributed by atoms with Gasteiger partial charge in [0.05, 0.1) is 6.61 Å². The van der Waals surface area contributed by atoms with Crippen LogP contribution in [-0.2, 0) is 0 Å². The van der Waals surface area contributed by atoms with Crippen molar-refractivity contribution in [3.05, 3.63) is 29.8 Å². The second-order valence-electron chi connectivity index (χ2n) is 3.77. The first-order valence-corrected chi connectivity index (χ1v) is 5.47. The molecule has 2 N–H and O–H groups in total. The Morgan fingerprint density at radius 1 is 1.35 bits per heavy atom. The number of alkyl halides is 3. The molecule has 0 aliphatic heterocycles. The van der Waals surface area contributed by atoms with Crippen molar-refractivity contribution >= 4 is 0 Å². The third kappa shape index (κ3) is 5.08. The average molecular weight is 247 g/mol. The van der Waals surface area contributed by atoms with Crippen LogP contribution < -0.4 is 10.5 Å². The molecule has 1 atom stereocenters. The van der Waals surface area contributed by atoms with Gasteiger partial charge in [-0.3, -0.25) is 0 Å². The fraction of sp³-hybridized carbons (Fsp3) is 0.500. The summed E-state index contributed by atoms with van der Waals surface area (Å²) in [6.07, 6.45) is -5.14. The number of ether oxygens (including phenoxy) is 1. The van der Waals surface area contributed by atoms with Crippen LogP contribution in [0.1, 0.15) is 31.4 Å². The van der Waals surface area contributed by atoms with Crippen LogP contribution >= 0.6 is 0 Å². The molecule has 0 saturated carbocycles. The summed E-state index contributed by atoms with van der Waals surface area (Å²) in [7, 11) is 0. The summed E-state index contributed by atoms with van der Waals surface area (Å²) in [5.41, 5.74) is 6.38. The van der Waals surface area contributed by atoms with Gasteiger partial charge >= 0.3 is 6.18 Å². The van der Waals surface area contributed by atoms with E-state index < -0.39 is 18.6 Å². The van der Waals surface area contributed by atoms with Crippen molar-refractivity contribution < 1.29 is 17.9 Å². The lowest BCUT2D eigenvalue weighted by Crippen LogP contribution is -2.15. The molecule has 0 aliphatic rings. The smallest absolute Gasteiger partial charge is 0.389 e. The van der Waals surface area contributed by atoms with Crippen LogP contribution in [0.4, 0.5) is 13.2 Å². The van der Waals surface area contributed by atoms with Crippen molar-refractivity contribution in [3.63, 3.8) is 0 Å². The first-order chi connectivity index (χ1) is 7.92. The summed E-state index contributed by atoms with van der Waals surface area (Å²) in [6, 6.07) is 6.27. The van der Waals surface area contributed by atoms with Gasteiger partial charge in [0.25, 0.3) is 0 Å². The van der Waals surface area contributed by atoms with Gasteiger partial charge in [-0.15, -0.1) is 0 Å². The molecular formula is C12H16F3NO. The molecule has 17 heavy (non-hydrogen) atoms. The molecule has 0 saturated heterocycles. The summed E-state index contributed by atoms with van der Waals surface area (Å²) in [4.78, 5) is 0. The standard InChI is InChI=1S/C12H16F3NO/c1-2-17-10-5-3-4-9(8-10)11(16)6-7-12(13,14)15/h3-5,8,11H,2,6-7,16H2,1H3/t11-/m1/s1. The fourth-order valence-electron chi connectivity index (χ4n) is 1.49. The highest BCUT2D eigenvalue weighted by Crippen LogP contribution is 2.27. The highest BCUT2D eigenvalue weighted by atomic mass is 19.4. The van der Waals surface area contributed by atoms with Crippen molar-refractivity contribution in [3.8, 4) is 5.75 Å². The van der Waals surface area contributed by atoms with Gasteiger partial charge in [0.1, 0.15) is 5.75 Å². The van der Waals surface area contributed by atoms with E-state index in [1.165, 1.54) is 0 Å². The predicted molar refractivity (Wildman–Crippen MR) is 59.8 cm³/mol. The molecule has 1 aromatic rings. The SMILES string of the molecule is CCOc1cccc([C@H](N)CCC(F)(F)F)c1. The Bertz CT molecular complexity index is 352. The number of hydrogen-bond donors (Lipinski definition) is 1. The van der Waals surface area contributed by atoms with Crippen LogP contribution in [0.2, 0.25) is 0 Å². The van der Waals surface area contributed by atoms with Crippen molar-refractivity contribution in [2.75, 3.05) is 6.61 Å². The van der Waals surface area contributed by atoms with Crippen molar-refractivity contribution in [1.82, 2.24) is 0 Å². The van der Waals surface area contributed by atoms with E-state index in [-0.39, 0.29) is 6.42 Å². The van der Waals surface area contributed by atoms with E-state index in [9.17, 15) is 13.2 Å². The monoisotopic (exact) mass is 247 g/mol. The Morgan fingerprint density at radius 3 is 2.65 bits per heavy atom. The Kier molecular flexibility index (Phi) is 4.81. The minimum absolute atomic E-state index is 0.112. The zero-order valence-corrected chi connectivity index (χ0v) is 9.63. The first kappa shape index (κ1) is 13.8. The first-order valence-electron chi connectivity index (χ1n) is 5.47. The molecule has 0 aromatic heterocycles. The highest BCUT2D eigenvalue weighted by Gasteiger charge is 2.27. The Labute approximate surface area is 98.6 Å². The van der Waals surface area contributed by atoms with Gasteiger partial charge in [0.15, 0.2) is 0 Å². The van der Waals surface area contributed by atoms with E-state index in [0.717, 1.165) is 0 Å². The molecule has 1 rings (SSSR count). The highest BCUT2D eigenvalue weighted by molar-refractivity contribution is 5.30. The maximum absolute atomic E-state index is 12.1. The van der Waals surface area contributed by atoms with E-state index in [2.05, 4.69) is 0 Å². The minimum Gasteiger partial charge on any atom is -0.494 e. The number of hydrogen-bond acceptors (Lipinski definition) is 2. The molecule has 2 nitrogen and oxygen atoms in total. The lowest BCUT2D eigenvalue weighted by molar-refractivity contribution is -0.136. The normalized spacial score (nSPS) is 13.5. The second-order valence-corrected chi connectivity index (χ2v) is 3.77. The summed E-state index contributed by atoms with van der Waals surface area (Å²) < 4.78 is 41.4. The third-order valence-electron chi connectivity index (χ3n) is 2.34. The molecule has 96 valence electrons. The van der Waals surface area contributed by atoms with Crippen LogP contribution in [0.25, 0.3) is 0 Å². The number of rotatable bonds is 5. The Hall–Kier alpha value is -1.23. The van der Waals surface area contributed by atoms with Crippen LogP contribution in [0.15, 0.2) is 24.3 Å². The maximum Gasteiger partial charge on any atom is 0.389 e. The van der Waals surface area contributed by atoms with E-state index in [4.69, 9.17) is 10.5 Å². The van der Waals surface area contributed by atoms with E-state index in [1.807, 2.05) is 6.92 Å². The van der Waals surface area contributed by atoms with Gasteiger partial charge in [0, 0.05) is 12.5 Å². The molecule has 0 bridgehead atoms. The molecule has 0 heterocycles. The third-order valence-corrected chi connectivity index (χ3v) is 2.34. The average Bonchev–Trinajstić information content (AvgIpc) is 2.26. The number of halogens is 3. The lowest BCUT2D eigenvalue weighted by atomic mass is 10.0. The van der Waals surface area contributed by atoms with Crippen molar-refractivity contribution in [2.45, 2.75) is 32.0 Å². The summed E-state index contributed by atoms with van der Waals surface area (Å²) >= 11 is 0. The molecule has 0 radical (unpaired) electrons. The number of nitrogens with two attached hydrogens (primary N) is 1. The molecule has 0 spiro atoms. The van der Waals surface area contributed by atoms with Crippen LogP contribution in [0.3, 0.4) is 0 Å². The quantitative estimate of drug-likeness (QED) is 0.865. The van der Waals surface area contributed by atoms with Crippen LogP contribution in [0.5, 0.6) is 5.75 Å². The summed E-state index contributed by atoms with van der Waals surface area (Å²) in [5, 5.41) is 0. The molecule has 0 fully saturated rings. The summed E-state index contributed by atoms with van der Waals surface area (Å²) in [6.45, 7) is 2.36. The van der Waals surface area contributed by atoms with Crippen molar-refractivity contribution in [1.29, 1.82) is 0 Å². The fourth-order valence-corrected chi connectivity index (χ4v) is 1.49. The maximum atomic E-state index is 12.1. The van der Waals surface area contributed by atoms with Crippen molar-refractivity contribution in [2.24, 2.45) is 5.73 Å². The molecular weight excluding hydrogens is 231 g/mol. The van der Waals surface area contributed by atoms with Gasteiger partial charge in [-0.05, 0) is 31.0 Å².